The molecule has 0 unspecified atom stereocenters. The highest BCUT2D eigenvalue weighted by Crippen LogP contribution is 2.21. The second kappa shape index (κ2) is 6.86. The molecule has 1 amide bonds. The van der Waals surface area contributed by atoms with Crippen molar-refractivity contribution in [3.05, 3.63) is 47.0 Å². The number of hydrogen-bond acceptors (Lipinski definition) is 3. The minimum atomic E-state index is 0.0155. The molecule has 1 aromatic heterocycles. The third-order valence-electron chi connectivity index (χ3n) is 4.35. The van der Waals surface area contributed by atoms with Gasteiger partial charge in [-0.25, -0.2) is 4.98 Å². The lowest BCUT2D eigenvalue weighted by molar-refractivity contribution is -0.121. The molecule has 1 N–H and O–H groups in total. The summed E-state index contributed by atoms with van der Waals surface area (Å²) in [6.07, 6.45) is 4.45. The van der Waals surface area contributed by atoms with Crippen LogP contribution in [0.2, 0.25) is 0 Å². The number of hydrogen-bond donors (Lipinski definition) is 1. The van der Waals surface area contributed by atoms with E-state index in [0.717, 1.165) is 30.0 Å². The van der Waals surface area contributed by atoms with E-state index in [4.69, 9.17) is 4.74 Å². The fraction of sp³-hybridized carbons (Fsp3) is 0.444. The summed E-state index contributed by atoms with van der Waals surface area (Å²) in [5.41, 5.74) is 3.45. The van der Waals surface area contributed by atoms with Gasteiger partial charge >= 0.3 is 0 Å². The molecule has 3 rings (SSSR count). The third kappa shape index (κ3) is 3.55. The number of rotatable bonds is 5. The van der Waals surface area contributed by atoms with Gasteiger partial charge in [0.2, 0.25) is 5.91 Å². The van der Waals surface area contributed by atoms with E-state index < -0.39 is 0 Å². The Morgan fingerprint density at radius 2 is 2.17 bits per heavy atom. The maximum absolute atomic E-state index is 12.3. The van der Waals surface area contributed by atoms with E-state index >= 15 is 0 Å². The molecule has 0 spiro atoms. The van der Waals surface area contributed by atoms with Crippen LogP contribution in [0.25, 0.3) is 0 Å². The van der Waals surface area contributed by atoms with Gasteiger partial charge in [-0.15, -0.1) is 0 Å². The molecule has 1 aliphatic carbocycles. The van der Waals surface area contributed by atoms with Crippen molar-refractivity contribution in [1.29, 1.82) is 0 Å². The molecule has 0 saturated heterocycles. The highest BCUT2D eigenvalue weighted by atomic mass is 16.5. The topological polar surface area (TPSA) is 56.1 Å². The molecule has 5 heteroatoms. The van der Waals surface area contributed by atoms with E-state index in [1.807, 2.05) is 31.2 Å². The largest absolute Gasteiger partial charge is 0.497 e. The number of nitrogens with zero attached hydrogens (tertiary/aromatic N) is 2. The first-order valence-corrected chi connectivity index (χ1v) is 8.12. The summed E-state index contributed by atoms with van der Waals surface area (Å²) in [6, 6.07) is 7.74. The quantitative estimate of drug-likeness (QED) is 0.922. The zero-order chi connectivity index (χ0) is 16.2. The average molecular weight is 313 g/mol. The molecular weight excluding hydrogens is 290 g/mol. The van der Waals surface area contributed by atoms with Gasteiger partial charge in [-0.3, -0.25) is 4.79 Å². The van der Waals surface area contributed by atoms with Crippen LogP contribution in [-0.4, -0.2) is 22.6 Å². The van der Waals surface area contributed by atoms with Crippen LogP contribution in [0.4, 0.5) is 0 Å². The van der Waals surface area contributed by atoms with Gasteiger partial charge in [-0.05, 0) is 50.3 Å². The Kier molecular flexibility index (Phi) is 4.65. The van der Waals surface area contributed by atoms with Crippen molar-refractivity contribution < 1.29 is 9.53 Å². The Labute approximate surface area is 136 Å². The number of fused-ring (bicyclic) bond motifs is 1. The summed E-state index contributed by atoms with van der Waals surface area (Å²) in [4.78, 5) is 16.9. The summed E-state index contributed by atoms with van der Waals surface area (Å²) >= 11 is 0. The number of amides is 1. The van der Waals surface area contributed by atoms with Gasteiger partial charge in [0.1, 0.15) is 18.1 Å². The zero-order valence-corrected chi connectivity index (χ0v) is 13.8. The van der Waals surface area contributed by atoms with Gasteiger partial charge in [0.05, 0.1) is 12.8 Å². The van der Waals surface area contributed by atoms with Crippen LogP contribution in [0.15, 0.2) is 24.3 Å². The predicted octanol–water partition coefficient (Wildman–Crippen LogP) is 2.40. The molecule has 23 heavy (non-hydrogen) atoms. The molecule has 1 aromatic carbocycles. The van der Waals surface area contributed by atoms with Crippen molar-refractivity contribution in [1.82, 2.24) is 14.9 Å². The van der Waals surface area contributed by atoms with E-state index in [0.29, 0.717) is 13.1 Å². The Morgan fingerprint density at radius 3 is 3.00 bits per heavy atom. The molecule has 2 aromatic rings. The Bertz CT molecular complexity index is 706. The van der Waals surface area contributed by atoms with Crippen LogP contribution in [0.5, 0.6) is 5.75 Å². The Balaban J connectivity index is 1.62. The molecule has 0 radical (unpaired) electrons. The van der Waals surface area contributed by atoms with Crippen molar-refractivity contribution >= 4 is 5.91 Å². The number of ether oxygens (including phenoxy) is 1. The number of imidazole rings is 1. The van der Waals surface area contributed by atoms with Gasteiger partial charge in [0.15, 0.2) is 0 Å². The van der Waals surface area contributed by atoms with Crippen LogP contribution in [0.3, 0.4) is 0 Å². The summed E-state index contributed by atoms with van der Waals surface area (Å²) in [5, 5.41) is 2.98. The minimum Gasteiger partial charge on any atom is -0.497 e. The predicted molar refractivity (Wildman–Crippen MR) is 88.4 cm³/mol. The van der Waals surface area contributed by atoms with Gasteiger partial charge in [0, 0.05) is 12.2 Å². The first kappa shape index (κ1) is 15.6. The normalized spacial score (nSPS) is 13.5. The summed E-state index contributed by atoms with van der Waals surface area (Å²) in [7, 11) is 1.64. The molecule has 1 aliphatic rings. The molecule has 5 nitrogen and oxygen atoms in total. The standard InChI is InChI=1S/C18H23N3O2/c1-13-20-16-8-3-4-9-17(16)21(13)12-18(22)19-11-14-6-5-7-15(10-14)23-2/h5-7,10H,3-4,8-9,11-12H2,1-2H3,(H,19,22). The van der Waals surface area contributed by atoms with Crippen molar-refractivity contribution in [2.75, 3.05) is 7.11 Å². The molecule has 0 aliphatic heterocycles. The molecule has 122 valence electrons. The number of carbonyl (C=O) groups is 1. The van der Waals surface area contributed by atoms with E-state index in [1.165, 1.54) is 24.2 Å². The zero-order valence-electron chi connectivity index (χ0n) is 13.8. The first-order chi connectivity index (χ1) is 11.2. The van der Waals surface area contributed by atoms with E-state index in [2.05, 4.69) is 14.9 Å². The number of carbonyl (C=O) groups excluding carboxylic acids is 1. The lowest BCUT2D eigenvalue weighted by Gasteiger charge is -2.14. The van der Waals surface area contributed by atoms with Crippen molar-refractivity contribution in [2.45, 2.75) is 45.7 Å². The second-order valence-corrected chi connectivity index (χ2v) is 5.97. The molecule has 0 saturated carbocycles. The van der Waals surface area contributed by atoms with Crippen LogP contribution in [0, 0.1) is 6.92 Å². The Hall–Kier alpha value is -2.30. The summed E-state index contributed by atoms with van der Waals surface area (Å²) in [6.45, 7) is 2.83. The number of methoxy groups -OCH3 is 1. The SMILES string of the molecule is COc1cccc(CNC(=O)Cn2c(C)nc3c2CCCC3)c1. The lowest BCUT2D eigenvalue weighted by Crippen LogP contribution is -2.28. The second-order valence-electron chi connectivity index (χ2n) is 5.97. The highest BCUT2D eigenvalue weighted by molar-refractivity contribution is 5.76. The number of nitrogens with one attached hydrogen (secondary N) is 1. The number of benzene rings is 1. The van der Waals surface area contributed by atoms with Crippen molar-refractivity contribution in [3.8, 4) is 5.75 Å². The van der Waals surface area contributed by atoms with Crippen LogP contribution >= 0.6 is 0 Å². The third-order valence-corrected chi connectivity index (χ3v) is 4.35. The Morgan fingerprint density at radius 1 is 1.35 bits per heavy atom. The maximum Gasteiger partial charge on any atom is 0.240 e. The summed E-state index contributed by atoms with van der Waals surface area (Å²) < 4.78 is 7.26. The van der Waals surface area contributed by atoms with Gasteiger partial charge in [0.25, 0.3) is 0 Å². The van der Waals surface area contributed by atoms with Gasteiger partial charge in [-0.1, -0.05) is 12.1 Å². The fourth-order valence-electron chi connectivity index (χ4n) is 3.13. The molecule has 1 heterocycles. The number of aromatic nitrogens is 2. The maximum atomic E-state index is 12.3. The molecule has 0 bridgehead atoms. The van der Waals surface area contributed by atoms with Gasteiger partial charge in [-0.2, -0.15) is 0 Å². The first-order valence-electron chi connectivity index (χ1n) is 8.12. The van der Waals surface area contributed by atoms with E-state index in [-0.39, 0.29) is 5.91 Å². The average Bonchev–Trinajstić information content (AvgIpc) is 2.89. The van der Waals surface area contributed by atoms with Gasteiger partial charge < -0.3 is 14.6 Å². The van der Waals surface area contributed by atoms with E-state index in [1.54, 1.807) is 7.11 Å². The fourth-order valence-corrected chi connectivity index (χ4v) is 3.13. The lowest BCUT2D eigenvalue weighted by atomic mass is 10.0. The highest BCUT2D eigenvalue weighted by Gasteiger charge is 2.19. The molecule has 0 fully saturated rings. The molecular formula is C18H23N3O2. The number of aryl methyl sites for hydroxylation is 2. The van der Waals surface area contributed by atoms with Crippen LogP contribution in [0.1, 0.15) is 35.6 Å². The van der Waals surface area contributed by atoms with E-state index in [9.17, 15) is 4.79 Å². The van der Waals surface area contributed by atoms with Crippen LogP contribution < -0.4 is 10.1 Å². The molecule has 0 atom stereocenters. The van der Waals surface area contributed by atoms with Crippen LogP contribution in [-0.2, 0) is 30.7 Å². The van der Waals surface area contributed by atoms with Crippen molar-refractivity contribution in [3.63, 3.8) is 0 Å². The monoisotopic (exact) mass is 313 g/mol. The van der Waals surface area contributed by atoms with Crippen molar-refractivity contribution in [2.24, 2.45) is 0 Å². The summed E-state index contributed by atoms with van der Waals surface area (Å²) in [5.74, 6) is 1.76. The minimum absolute atomic E-state index is 0.0155. The smallest absolute Gasteiger partial charge is 0.240 e.